The van der Waals surface area contributed by atoms with Crippen LogP contribution in [-0.2, 0) is 11.3 Å². The normalized spacial score (nSPS) is 27.7. The van der Waals surface area contributed by atoms with Gasteiger partial charge in [-0.1, -0.05) is 54.6 Å². The highest BCUT2D eigenvalue weighted by Gasteiger charge is 2.39. The molecule has 2 heterocycles. The molecule has 1 unspecified atom stereocenters. The molecular weight excluding hydrogens is 398 g/mol. The predicted molar refractivity (Wildman–Crippen MR) is 126 cm³/mol. The summed E-state index contributed by atoms with van der Waals surface area (Å²) < 4.78 is 0. The second-order valence-electron chi connectivity index (χ2n) is 9.00. The summed E-state index contributed by atoms with van der Waals surface area (Å²) >= 11 is 0. The van der Waals surface area contributed by atoms with E-state index in [1.54, 1.807) is 11.6 Å². The van der Waals surface area contributed by atoms with E-state index in [0.29, 0.717) is 23.9 Å². The van der Waals surface area contributed by atoms with Crippen LogP contribution >= 0.6 is 0 Å². The Morgan fingerprint density at radius 2 is 2.09 bits per heavy atom. The van der Waals surface area contributed by atoms with Crippen molar-refractivity contribution < 1.29 is 10.0 Å². The first-order chi connectivity index (χ1) is 15.6. The lowest BCUT2D eigenvalue weighted by Crippen LogP contribution is -2.31. The summed E-state index contributed by atoms with van der Waals surface area (Å²) in [7, 11) is 0. The summed E-state index contributed by atoms with van der Waals surface area (Å²) in [5, 5.41) is 12.3. The van der Waals surface area contributed by atoms with Crippen molar-refractivity contribution in [2.75, 3.05) is 0 Å². The van der Waals surface area contributed by atoms with Gasteiger partial charge in [-0.15, -0.1) is 0 Å². The Morgan fingerprint density at radius 1 is 1.25 bits per heavy atom. The average molecular weight is 428 g/mol. The molecular formula is C27H29N3O2. The van der Waals surface area contributed by atoms with Crippen molar-refractivity contribution in [1.29, 1.82) is 0 Å². The maximum Gasteiger partial charge on any atom is 0.267 e. The fourth-order valence-corrected chi connectivity index (χ4v) is 5.36. The molecule has 0 aromatic heterocycles. The number of nitrogens with one attached hydrogen (secondary N) is 2. The van der Waals surface area contributed by atoms with Crippen molar-refractivity contribution in [1.82, 2.24) is 15.7 Å². The number of allylic oxidation sites excluding steroid dienone is 7. The Balaban J connectivity index is 1.32. The molecule has 5 nitrogen and oxygen atoms in total. The molecule has 1 aromatic carbocycles. The third-order valence-electron chi connectivity index (χ3n) is 7.03. The highest BCUT2D eigenvalue weighted by Crippen LogP contribution is 2.42. The third-order valence-corrected chi connectivity index (χ3v) is 7.03. The van der Waals surface area contributed by atoms with Gasteiger partial charge in [0.05, 0.1) is 6.04 Å². The first-order valence-electron chi connectivity index (χ1n) is 11.3. The van der Waals surface area contributed by atoms with Crippen molar-refractivity contribution in [3.05, 3.63) is 101 Å². The van der Waals surface area contributed by atoms with Crippen molar-refractivity contribution in [2.45, 2.75) is 38.4 Å². The fourth-order valence-electron chi connectivity index (χ4n) is 5.36. The number of carbonyl (C=O) groups excluding carboxylic acids is 1. The maximum atomic E-state index is 11.2. The minimum absolute atomic E-state index is 0.323. The van der Waals surface area contributed by atoms with Gasteiger partial charge >= 0.3 is 0 Å². The molecule has 1 saturated heterocycles. The summed E-state index contributed by atoms with van der Waals surface area (Å²) in [4.78, 5) is 13.7. The molecule has 2 aliphatic carbocycles. The van der Waals surface area contributed by atoms with Gasteiger partial charge < -0.3 is 10.2 Å². The second-order valence-corrected chi connectivity index (χ2v) is 9.00. The fraction of sp³-hybridized carbons (Fsp3) is 0.296. The van der Waals surface area contributed by atoms with E-state index in [0.717, 1.165) is 24.9 Å². The third kappa shape index (κ3) is 3.96. The Hall–Kier alpha value is -3.31. The Morgan fingerprint density at radius 3 is 2.91 bits per heavy atom. The summed E-state index contributed by atoms with van der Waals surface area (Å²) in [6.07, 6.45) is 21.0. The topological polar surface area (TPSA) is 64.6 Å². The van der Waals surface area contributed by atoms with Crippen molar-refractivity contribution in [3.8, 4) is 0 Å². The lowest BCUT2D eigenvalue weighted by atomic mass is 9.82. The lowest BCUT2D eigenvalue weighted by molar-refractivity contribution is -0.124. The lowest BCUT2D eigenvalue weighted by Gasteiger charge is -2.31. The van der Waals surface area contributed by atoms with Crippen molar-refractivity contribution >= 4 is 12.0 Å². The standard InChI is InChI=1S/C27H29N3O2/c1-18-24(23-6-2-3-7-25(23)28-18)16-22-15-21-5-4-8-26(21)30(22)17-20-11-9-19(10-12-20)13-14-27(31)29-32/h2-5,7-15,18,23-24,26,28,32H,6,16-17H2,1H3,(H,29,31)/b14-13+/t18-,23-,24?,26-/m1/s1. The van der Waals surface area contributed by atoms with Crippen LogP contribution < -0.4 is 10.8 Å². The molecule has 2 aliphatic heterocycles. The van der Waals surface area contributed by atoms with E-state index >= 15 is 0 Å². The number of hydroxylamine groups is 1. The summed E-state index contributed by atoms with van der Waals surface area (Å²) in [6, 6.07) is 9.03. The minimum atomic E-state index is -0.532. The molecule has 0 spiro atoms. The van der Waals surface area contributed by atoms with Gasteiger partial charge in [0, 0.05) is 36.0 Å². The molecule has 1 fully saturated rings. The van der Waals surface area contributed by atoms with Gasteiger partial charge in [0.1, 0.15) is 0 Å². The van der Waals surface area contributed by atoms with Crippen molar-refractivity contribution in [2.24, 2.45) is 11.8 Å². The average Bonchev–Trinajstić information content (AvgIpc) is 3.48. The molecule has 5 heteroatoms. The van der Waals surface area contributed by atoms with Crippen LogP contribution in [-0.4, -0.2) is 28.1 Å². The molecule has 0 bridgehead atoms. The first-order valence-corrected chi connectivity index (χ1v) is 11.3. The zero-order valence-electron chi connectivity index (χ0n) is 18.2. The van der Waals surface area contributed by atoms with Crippen LogP contribution in [0.3, 0.4) is 0 Å². The van der Waals surface area contributed by atoms with Gasteiger partial charge in [-0.25, -0.2) is 5.48 Å². The van der Waals surface area contributed by atoms with Crippen LogP contribution in [0.25, 0.3) is 6.08 Å². The molecule has 1 aromatic rings. The van der Waals surface area contributed by atoms with Gasteiger partial charge in [-0.3, -0.25) is 10.0 Å². The highest BCUT2D eigenvalue weighted by atomic mass is 16.5. The highest BCUT2D eigenvalue weighted by molar-refractivity contribution is 5.90. The van der Waals surface area contributed by atoms with Crippen LogP contribution in [0.15, 0.2) is 89.8 Å². The van der Waals surface area contributed by atoms with E-state index in [1.165, 1.54) is 28.6 Å². The first kappa shape index (κ1) is 20.6. The number of nitrogens with zero attached hydrogens (tertiary/aromatic N) is 1. The van der Waals surface area contributed by atoms with E-state index in [-0.39, 0.29) is 0 Å². The van der Waals surface area contributed by atoms with E-state index in [9.17, 15) is 4.79 Å². The number of hydrogen-bond acceptors (Lipinski definition) is 4. The zero-order valence-corrected chi connectivity index (χ0v) is 18.2. The minimum Gasteiger partial charge on any atom is -0.385 e. The van der Waals surface area contributed by atoms with E-state index in [2.05, 4.69) is 71.8 Å². The summed E-state index contributed by atoms with van der Waals surface area (Å²) in [5.74, 6) is 0.647. The maximum absolute atomic E-state index is 11.2. The summed E-state index contributed by atoms with van der Waals surface area (Å²) in [6.45, 7) is 3.16. The molecule has 5 rings (SSSR count). The van der Waals surface area contributed by atoms with E-state index < -0.39 is 5.91 Å². The van der Waals surface area contributed by atoms with Crippen LogP contribution in [0, 0.1) is 11.8 Å². The molecule has 3 N–H and O–H groups in total. The number of carbonyl (C=O) groups is 1. The Bertz CT molecular complexity index is 1070. The largest absolute Gasteiger partial charge is 0.385 e. The Labute approximate surface area is 189 Å². The van der Waals surface area contributed by atoms with Gasteiger partial charge in [0.2, 0.25) is 0 Å². The number of benzene rings is 1. The summed E-state index contributed by atoms with van der Waals surface area (Å²) in [5.41, 5.74) is 7.97. The van der Waals surface area contributed by atoms with Crippen LogP contribution in [0.2, 0.25) is 0 Å². The molecule has 32 heavy (non-hydrogen) atoms. The molecule has 0 saturated carbocycles. The van der Waals surface area contributed by atoms with Crippen molar-refractivity contribution in [3.63, 3.8) is 0 Å². The van der Waals surface area contributed by atoms with Gasteiger partial charge in [-0.05, 0) is 60.6 Å². The van der Waals surface area contributed by atoms with E-state index in [4.69, 9.17) is 5.21 Å². The molecule has 1 amide bonds. The zero-order chi connectivity index (χ0) is 22.1. The van der Waals surface area contributed by atoms with E-state index in [1.807, 2.05) is 12.1 Å². The number of amides is 1. The van der Waals surface area contributed by atoms with Gasteiger partial charge in [-0.2, -0.15) is 0 Å². The quantitative estimate of drug-likeness (QED) is 0.361. The second kappa shape index (κ2) is 8.67. The van der Waals surface area contributed by atoms with Gasteiger partial charge in [0.25, 0.3) is 5.91 Å². The van der Waals surface area contributed by atoms with Crippen LogP contribution in [0.5, 0.6) is 0 Å². The van der Waals surface area contributed by atoms with Crippen LogP contribution in [0.4, 0.5) is 0 Å². The molecule has 4 atom stereocenters. The monoisotopic (exact) mass is 427 g/mol. The van der Waals surface area contributed by atoms with Gasteiger partial charge in [0.15, 0.2) is 0 Å². The number of hydrogen-bond donors (Lipinski definition) is 3. The molecule has 0 radical (unpaired) electrons. The van der Waals surface area contributed by atoms with Crippen LogP contribution in [0.1, 0.15) is 30.9 Å². The molecule has 4 aliphatic rings. The smallest absolute Gasteiger partial charge is 0.267 e. The Kier molecular flexibility index (Phi) is 5.58. The number of rotatable bonds is 6. The predicted octanol–water partition coefficient (Wildman–Crippen LogP) is 4.23. The number of fused-ring (bicyclic) bond motifs is 2. The SMILES string of the molecule is C[C@H]1NC2=CC=CC[C@@H]2C1CC1=CC2=CC=C[C@H]2N1Cc1ccc(/C=C/C(=O)NO)cc1. The molecule has 164 valence electrons.